The van der Waals surface area contributed by atoms with E-state index in [1.54, 1.807) is 14.0 Å². The van der Waals surface area contributed by atoms with Crippen molar-refractivity contribution in [2.24, 2.45) is 5.92 Å². The number of likely N-dealkylation sites (tertiary alicyclic amines) is 1. The number of carbonyl (C=O) groups excluding carboxylic acids is 1. The molecule has 110 valence electrons. The van der Waals surface area contributed by atoms with Gasteiger partial charge in [-0.3, -0.25) is 14.6 Å². The Morgan fingerprint density at radius 3 is 2.47 bits per heavy atom. The lowest BCUT2D eigenvalue weighted by Crippen LogP contribution is -2.53. The van der Waals surface area contributed by atoms with Gasteiger partial charge in [0.05, 0.1) is 6.61 Å². The summed E-state index contributed by atoms with van der Waals surface area (Å²) in [4.78, 5) is 18.4. The van der Waals surface area contributed by atoms with E-state index in [0.29, 0.717) is 12.0 Å². The fraction of sp³-hybridized carbons (Fsp3) is 0.929. The second-order valence-electron chi connectivity index (χ2n) is 5.84. The van der Waals surface area contributed by atoms with Gasteiger partial charge in [-0.05, 0) is 5.92 Å². The highest BCUT2D eigenvalue weighted by atomic mass is 16.5. The van der Waals surface area contributed by atoms with E-state index in [-0.39, 0.29) is 5.91 Å². The molecule has 0 bridgehead atoms. The monoisotopic (exact) mass is 269 g/mol. The first kappa shape index (κ1) is 14.8. The van der Waals surface area contributed by atoms with Crippen molar-refractivity contribution < 1.29 is 9.53 Å². The average molecular weight is 269 g/mol. The lowest BCUT2D eigenvalue weighted by atomic mass is 10.0. The van der Waals surface area contributed by atoms with E-state index in [2.05, 4.69) is 16.7 Å². The highest BCUT2D eigenvalue weighted by Gasteiger charge is 2.35. The van der Waals surface area contributed by atoms with Crippen LogP contribution in [-0.2, 0) is 9.53 Å². The second-order valence-corrected chi connectivity index (χ2v) is 5.84. The van der Waals surface area contributed by atoms with E-state index in [0.717, 1.165) is 45.9 Å². The first-order chi connectivity index (χ1) is 9.11. The van der Waals surface area contributed by atoms with Crippen LogP contribution in [0.1, 0.15) is 13.8 Å². The highest BCUT2D eigenvalue weighted by Crippen LogP contribution is 2.22. The highest BCUT2D eigenvalue weighted by molar-refractivity contribution is 5.73. The van der Waals surface area contributed by atoms with E-state index in [9.17, 15) is 4.79 Å². The maximum absolute atomic E-state index is 11.3. The van der Waals surface area contributed by atoms with Gasteiger partial charge in [0.15, 0.2) is 0 Å². The van der Waals surface area contributed by atoms with Crippen LogP contribution >= 0.6 is 0 Å². The molecule has 2 saturated heterocycles. The number of hydrogen-bond acceptors (Lipinski definition) is 4. The Labute approximate surface area is 116 Å². The van der Waals surface area contributed by atoms with Crippen LogP contribution in [0.25, 0.3) is 0 Å². The van der Waals surface area contributed by atoms with Gasteiger partial charge in [0.25, 0.3) is 0 Å². The van der Waals surface area contributed by atoms with Gasteiger partial charge in [0.1, 0.15) is 0 Å². The first-order valence-electron chi connectivity index (χ1n) is 7.32. The van der Waals surface area contributed by atoms with Crippen molar-refractivity contribution in [1.29, 1.82) is 0 Å². The summed E-state index contributed by atoms with van der Waals surface area (Å²) in [7, 11) is 1.76. The lowest BCUT2D eigenvalue weighted by Gasteiger charge is -2.39. The van der Waals surface area contributed by atoms with Crippen LogP contribution in [-0.4, -0.2) is 86.2 Å². The summed E-state index contributed by atoms with van der Waals surface area (Å²) >= 11 is 0. The van der Waals surface area contributed by atoms with Crippen molar-refractivity contribution in [3.05, 3.63) is 0 Å². The van der Waals surface area contributed by atoms with Crippen LogP contribution in [0.5, 0.6) is 0 Å². The molecule has 0 radical (unpaired) electrons. The van der Waals surface area contributed by atoms with Gasteiger partial charge >= 0.3 is 0 Å². The minimum absolute atomic E-state index is 0.209. The topological polar surface area (TPSA) is 36.0 Å². The molecule has 19 heavy (non-hydrogen) atoms. The van der Waals surface area contributed by atoms with E-state index in [1.165, 1.54) is 6.54 Å². The van der Waals surface area contributed by atoms with Crippen molar-refractivity contribution in [2.75, 3.05) is 59.5 Å². The van der Waals surface area contributed by atoms with E-state index in [1.807, 2.05) is 4.90 Å². The van der Waals surface area contributed by atoms with Crippen molar-refractivity contribution >= 4 is 5.91 Å². The third-order valence-electron chi connectivity index (χ3n) is 4.49. The number of amides is 1. The fourth-order valence-corrected chi connectivity index (χ4v) is 3.29. The molecule has 0 spiro atoms. The predicted octanol–water partition coefficient (Wildman–Crippen LogP) is 0.117. The molecule has 2 fully saturated rings. The molecule has 2 aliphatic heterocycles. The molecule has 0 aliphatic carbocycles. The molecular formula is C14H27N3O2. The molecule has 1 amide bonds. The number of nitrogens with zero attached hydrogens (tertiary/aromatic N) is 3. The number of rotatable bonds is 4. The molecule has 2 heterocycles. The molecular weight excluding hydrogens is 242 g/mol. The summed E-state index contributed by atoms with van der Waals surface area (Å²) in [6.07, 6.45) is 0. The normalized spacial score (nSPS) is 29.9. The minimum Gasteiger partial charge on any atom is -0.383 e. The second kappa shape index (κ2) is 6.68. The van der Waals surface area contributed by atoms with Gasteiger partial charge in [0.2, 0.25) is 5.91 Å². The maximum Gasteiger partial charge on any atom is 0.219 e. The molecule has 2 atom stereocenters. The summed E-state index contributed by atoms with van der Waals surface area (Å²) in [5.74, 6) is 0.918. The third-order valence-corrected chi connectivity index (χ3v) is 4.49. The SMILES string of the molecule is COCCN1C[C@H](C)[C@@H](N2CCN(C(C)=O)CC2)C1. The molecule has 5 nitrogen and oxygen atoms in total. The zero-order chi connectivity index (χ0) is 13.8. The summed E-state index contributed by atoms with van der Waals surface area (Å²) in [6, 6.07) is 0.644. The van der Waals surface area contributed by atoms with Crippen molar-refractivity contribution in [1.82, 2.24) is 14.7 Å². The Hall–Kier alpha value is -0.650. The van der Waals surface area contributed by atoms with E-state index < -0.39 is 0 Å². The minimum atomic E-state index is 0.209. The van der Waals surface area contributed by atoms with E-state index >= 15 is 0 Å². The van der Waals surface area contributed by atoms with Crippen LogP contribution in [0.3, 0.4) is 0 Å². The predicted molar refractivity (Wildman–Crippen MR) is 75.1 cm³/mol. The first-order valence-corrected chi connectivity index (χ1v) is 7.32. The smallest absolute Gasteiger partial charge is 0.219 e. The Kier molecular flexibility index (Phi) is 5.19. The Morgan fingerprint density at radius 2 is 1.89 bits per heavy atom. The summed E-state index contributed by atoms with van der Waals surface area (Å²) in [5, 5.41) is 0. The van der Waals surface area contributed by atoms with Crippen molar-refractivity contribution in [3.63, 3.8) is 0 Å². The van der Waals surface area contributed by atoms with Gasteiger partial charge in [0, 0.05) is 65.9 Å². The van der Waals surface area contributed by atoms with Gasteiger partial charge in [-0.2, -0.15) is 0 Å². The molecule has 0 unspecified atom stereocenters. The Morgan fingerprint density at radius 1 is 1.21 bits per heavy atom. The van der Waals surface area contributed by atoms with Gasteiger partial charge in [-0.25, -0.2) is 0 Å². The molecule has 0 saturated carbocycles. The standard InChI is InChI=1S/C14H27N3O2/c1-12-10-15(8-9-19-3)11-14(12)17-6-4-16(5-7-17)13(2)18/h12,14H,4-11H2,1-3H3/t12-,14-/m0/s1. The number of piperazine rings is 1. The molecule has 0 N–H and O–H groups in total. The molecule has 0 aromatic heterocycles. The molecule has 0 aromatic carbocycles. The maximum atomic E-state index is 11.3. The summed E-state index contributed by atoms with van der Waals surface area (Å²) in [5.41, 5.74) is 0. The molecule has 2 aliphatic rings. The summed E-state index contributed by atoms with van der Waals surface area (Å²) < 4.78 is 5.16. The van der Waals surface area contributed by atoms with Crippen molar-refractivity contribution in [3.8, 4) is 0 Å². The lowest BCUT2D eigenvalue weighted by molar-refractivity contribution is -0.130. The van der Waals surface area contributed by atoms with Crippen LogP contribution in [0, 0.1) is 5.92 Å². The van der Waals surface area contributed by atoms with Crippen LogP contribution < -0.4 is 0 Å². The average Bonchev–Trinajstić information content (AvgIpc) is 2.77. The van der Waals surface area contributed by atoms with Crippen molar-refractivity contribution in [2.45, 2.75) is 19.9 Å². The largest absolute Gasteiger partial charge is 0.383 e. The van der Waals surface area contributed by atoms with Gasteiger partial charge in [-0.1, -0.05) is 6.92 Å². The Balaban J connectivity index is 1.81. The number of hydrogen-bond donors (Lipinski definition) is 0. The number of ether oxygens (including phenoxy) is 1. The Bertz CT molecular complexity index is 303. The molecule has 2 rings (SSSR count). The van der Waals surface area contributed by atoms with Crippen LogP contribution in [0.2, 0.25) is 0 Å². The molecule has 5 heteroatoms. The van der Waals surface area contributed by atoms with Crippen LogP contribution in [0.15, 0.2) is 0 Å². The van der Waals surface area contributed by atoms with Crippen LogP contribution in [0.4, 0.5) is 0 Å². The third kappa shape index (κ3) is 3.68. The zero-order valence-electron chi connectivity index (χ0n) is 12.5. The van der Waals surface area contributed by atoms with Gasteiger partial charge < -0.3 is 9.64 Å². The number of methoxy groups -OCH3 is 1. The number of carbonyl (C=O) groups is 1. The molecule has 0 aromatic rings. The summed E-state index contributed by atoms with van der Waals surface area (Å²) in [6.45, 7) is 12.0. The fourth-order valence-electron chi connectivity index (χ4n) is 3.29. The van der Waals surface area contributed by atoms with E-state index in [4.69, 9.17) is 4.74 Å². The zero-order valence-corrected chi connectivity index (χ0v) is 12.5. The van der Waals surface area contributed by atoms with Gasteiger partial charge in [-0.15, -0.1) is 0 Å². The quantitative estimate of drug-likeness (QED) is 0.726.